The third-order valence-corrected chi connectivity index (χ3v) is 4.14. The van der Waals surface area contributed by atoms with E-state index in [0.29, 0.717) is 17.0 Å². The molecule has 9 nitrogen and oxygen atoms in total. The van der Waals surface area contributed by atoms with Gasteiger partial charge >= 0.3 is 5.69 Å². The summed E-state index contributed by atoms with van der Waals surface area (Å²) in [6, 6.07) is 5.84. The summed E-state index contributed by atoms with van der Waals surface area (Å²) >= 11 is 0. The van der Waals surface area contributed by atoms with Gasteiger partial charge in [-0.2, -0.15) is 0 Å². The molecule has 1 aromatic carbocycles. The van der Waals surface area contributed by atoms with E-state index in [9.17, 15) is 19.7 Å². The minimum Gasteiger partial charge on any atom is -0.423 e. The first kappa shape index (κ1) is 18.4. The van der Waals surface area contributed by atoms with Crippen LogP contribution in [0.1, 0.15) is 20.8 Å². The second-order valence-corrected chi connectivity index (χ2v) is 7.37. The van der Waals surface area contributed by atoms with E-state index in [-0.39, 0.29) is 22.3 Å². The number of fused-ring (bicyclic) bond motifs is 1. The Hall–Kier alpha value is -3.36. The summed E-state index contributed by atoms with van der Waals surface area (Å²) < 4.78 is 8.13. The van der Waals surface area contributed by atoms with E-state index < -0.39 is 16.2 Å². The van der Waals surface area contributed by atoms with Crippen LogP contribution in [0.5, 0.6) is 0 Å². The lowest BCUT2D eigenvalue weighted by Gasteiger charge is -2.20. The molecule has 2 aromatic heterocycles. The molecule has 142 valence electrons. The van der Waals surface area contributed by atoms with E-state index >= 15 is 0 Å². The highest BCUT2D eigenvalue weighted by Gasteiger charge is 2.25. The van der Waals surface area contributed by atoms with Crippen LogP contribution in [0.25, 0.3) is 22.2 Å². The lowest BCUT2D eigenvalue weighted by atomic mass is 10.0. The van der Waals surface area contributed by atoms with Gasteiger partial charge in [-0.05, 0) is 38.5 Å². The lowest BCUT2D eigenvalue weighted by molar-refractivity contribution is -0.384. The zero-order valence-corrected chi connectivity index (χ0v) is 15.7. The molecule has 0 aliphatic carbocycles. The third kappa shape index (κ3) is 3.12. The number of hydrogen-bond donors (Lipinski definition) is 1. The minimum absolute atomic E-state index is 0.0582. The molecule has 0 radical (unpaired) electrons. The Kier molecular flexibility index (Phi) is 4.17. The summed E-state index contributed by atoms with van der Waals surface area (Å²) in [6.07, 6.45) is 0. The van der Waals surface area contributed by atoms with Gasteiger partial charge in [0.05, 0.1) is 10.5 Å². The molecule has 27 heavy (non-hydrogen) atoms. The number of benzene rings is 1. The van der Waals surface area contributed by atoms with Gasteiger partial charge in [0, 0.05) is 31.8 Å². The van der Waals surface area contributed by atoms with Gasteiger partial charge in [-0.15, -0.1) is 0 Å². The molecular formula is C18H20N4O5. The van der Waals surface area contributed by atoms with Crippen LogP contribution in [0, 0.1) is 10.1 Å². The van der Waals surface area contributed by atoms with Crippen LogP contribution in [0.4, 0.5) is 11.6 Å². The van der Waals surface area contributed by atoms with E-state index in [2.05, 4.69) is 5.32 Å². The van der Waals surface area contributed by atoms with Gasteiger partial charge in [0.2, 0.25) is 11.6 Å². The number of rotatable bonds is 3. The first-order valence-electron chi connectivity index (χ1n) is 8.27. The van der Waals surface area contributed by atoms with E-state index in [1.807, 2.05) is 20.8 Å². The maximum atomic E-state index is 12.8. The normalized spacial score (nSPS) is 11.7. The molecule has 0 bridgehead atoms. The number of nitro groups is 1. The molecule has 0 spiro atoms. The van der Waals surface area contributed by atoms with Crippen molar-refractivity contribution in [2.45, 2.75) is 26.3 Å². The topological polar surface area (TPSA) is 112 Å². The van der Waals surface area contributed by atoms with E-state index in [1.54, 1.807) is 12.1 Å². The molecule has 0 aliphatic heterocycles. The number of non-ortho nitro benzene ring substituents is 1. The molecule has 0 atom stereocenters. The van der Waals surface area contributed by atoms with Crippen LogP contribution >= 0.6 is 0 Å². The van der Waals surface area contributed by atoms with E-state index in [1.165, 1.54) is 30.8 Å². The minimum atomic E-state index is -0.501. The fraction of sp³-hybridized carbons (Fsp3) is 0.333. The maximum Gasteiger partial charge on any atom is 0.333 e. The van der Waals surface area contributed by atoms with Crippen LogP contribution in [-0.2, 0) is 14.1 Å². The number of aromatic nitrogens is 2. The van der Waals surface area contributed by atoms with Crippen molar-refractivity contribution in [3.05, 3.63) is 55.2 Å². The van der Waals surface area contributed by atoms with E-state index in [0.717, 1.165) is 4.57 Å². The van der Waals surface area contributed by atoms with Gasteiger partial charge in [-0.1, -0.05) is 0 Å². The number of nitrogens with zero attached hydrogens (tertiary/aromatic N) is 3. The van der Waals surface area contributed by atoms with Crippen LogP contribution in [0.2, 0.25) is 0 Å². The summed E-state index contributed by atoms with van der Waals surface area (Å²) in [7, 11) is 2.92. The Labute approximate surface area is 154 Å². The zero-order chi connectivity index (χ0) is 20.1. The fourth-order valence-electron chi connectivity index (χ4n) is 2.87. The Morgan fingerprint density at radius 2 is 1.67 bits per heavy atom. The number of hydrogen-bond acceptors (Lipinski definition) is 6. The molecule has 0 saturated heterocycles. The quantitative estimate of drug-likeness (QED) is 0.559. The van der Waals surface area contributed by atoms with Crippen LogP contribution < -0.4 is 16.6 Å². The predicted molar refractivity (Wildman–Crippen MR) is 102 cm³/mol. The third-order valence-electron chi connectivity index (χ3n) is 4.14. The maximum absolute atomic E-state index is 12.8. The number of aryl methyl sites for hydroxylation is 1. The van der Waals surface area contributed by atoms with Gasteiger partial charge < -0.3 is 9.73 Å². The van der Waals surface area contributed by atoms with Crippen LogP contribution in [-0.4, -0.2) is 19.6 Å². The molecule has 3 aromatic rings. The Bertz CT molecular complexity index is 1160. The van der Waals surface area contributed by atoms with Crippen LogP contribution in [0.15, 0.2) is 38.3 Å². The molecule has 0 aliphatic rings. The highest BCUT2D eigenvalue weighted by molar-refractivity contribution is 5.98. The van der Waals surface area contributed by atoms with Crippen molar-refractivity contribution in [3.63, 3.8) is 0 Å². The largest absolute Gasteiger partial charge is 0.423 e. The zero-order valence-electron chi connectivity index (χ0n) is 15.7. The standard InChI is InChI=1S/C18H20N4O5/c1-18(2,3)19-14-12(10-6-8-11(9-7-10)22(25)26)13-15(23)20(4)17(24)21(5)16(13)27-14/h6-9,19H,1-5H3. The summed E-state index contributed by atoms with van der Waals surface area (Å²) in [5.41, 5.74) is -0.257. The van der Waals surface area contributed by atoms with Crippen LogP contribution in [0.3, 0.4) is 0 Å². The predicted octanol–water partition coefficient (Wildman–Crippen LogP) is 2.62. The number of nitrogens with one attached hydrogen (secondary N) is 1. The van der Waals surface area contributed by atoms with E-state index in [4.69, 9.17) is 4.42 Å². The van der Waals surface area contributed by atoms with Gasteiger partial charge in [0.1, 0.15) is 5.39 Å². The Balaban J connectivity index is 2.40. The average molecular weight is 372 g/mol. The molecule has 0 unspecified atom stereocenters. The van der Waals surface area contributed by atoms with Gasteiger partial charge in [0.25, 0.3) is 11.2 Å². The molecular weight excluding hydrogens is 352 g/mol. The van der Waals surface area contributed by atoms with Crippen molar-refractivity contribution in [2.24, 2.45) is 14.1 Å². The average Bonchev–Trinajstić information content (AvgIpc) is 2.95. The number of nitro benzene ring substituents is 1. The summed E-state index contributed by atoms with van der Waals surface area (Å²) in [6.45, 7) is 5.78. The van der Waals surface area contributed by atoms with Crippen molar-refractivity contribution in [2.75, 3.05) is 5.32 Å². The summed E-state index contributed by atoms with van der Waals surface area (Å²) in [5, 5.41) is 14.4. The second kappa shape index (κ2) is 6.11. The molecule has 0 fully saturated rings. The highest BCUT2D eigenvalue weighted by atomic mass is 16.6. The SMILES string of the molecule is Cn1c(=O)c2c(-c3ccc([N+](=O)[O-])cc3)c(NC(C)(C)C)oc2n(C)c1=O. The molecule has 1 N–H and O–H groups in total. The second-order valence-electron chi connectivity index (χ2n) is 7.37. The Morgan fingerprint density at radius 3 is 2.19 bits per heavy atom. The molecule has 0 amide bonds. The monoisotopic (exact) mass is 372 g/mol. The Morgan fingerprint density at radius 1 is 1.07 bits per heavy atom. The van der Waals surface area contributed by atoms with Crippen molar-refractivity contribution in [1.82, 2.24) is 9.13 Å². The first-order chi connectivity index (χ1) is 12.5. The van der Waals surface area contributed by atoms with Crippen molar-refractivity contribution < 1.29 is 9.34 Å². The van der Waals surface area contributed by atoms with Crippen molar-refractivity contribution >= 4 is 22.7 Å². The number of anilines is 1. The van der Waals surface area contributed by atoms with Gasteiger partial charge in [-0.25, -0.2) is 4.79 Å². The van der Waals surface area contributed by atoms with Gasteiger partial charge in [-0.3, -0.25) is 24.0 Å². The summed E-state index contributed by atoms with van der Waals surface area (Å²) in [4.78, 5) is 35.5. The van der Waals surface area contributed by atoms with Crippen molar-refractivity contribution in [3.8, 4) is 11.1 Å². The first-order valence-corrected chi connectivity index (χ1v) is 8.27. The van der Waals surface area contributed by atoms with Crippen molar-refractivity contribution in [1.29, 1.82) is 0 Å². The highest BCUT2D eigenvalue weighted by Crippen LogP contribution is 2.38. The molecule has 0 saturated carbocycles. The number of furan rings is 1. The summed E-state index contributed by atoms with van der Waals surface area (Å²) in [5.74, 6) is 0.324. The molecule has 2 heterocycles. The van der Waals surface area contributed by atoms with Gasteiger partial charge in [0.15, 0.2) is 0 Å². The fourth-order valence-corrected chi connectivity index (χ4v) is 2.87. The smallest absolute Gasteiger partial charge is 0.333 e. The lowest BCUT2D eigenvalue weighted by Crippen LogP contribution is -2.36. The molecule has 9 heteroatoms. The molecule has 3 rings (SSSR count).